The van der Waals surface area contributed by atoms with Crippen LogP contribution in [0.4, 0.5) is 0 Å². The monoisotopic (exact) mass is 305 g/mol. The van der Waals surface area contributed by atoms with Crippen LogP contribution in [0.3, 0.4) is 0 Å². The Hall–Kier alpha value is -1.59. The third-order valence-electron chi connectivity index (χ3n) is 3.51. The summed E-state index contributed by atoms with van der Waals surface area (Å²) in [5, 5.41) is 11.1. The van der Waals surface area contributed by atoms with Crippen molar-refractivity contribution in [2.45, 2.75) is 25.9 Å². The molecule has 1 aliphatic rings. The standard InChI is InChI=1S/C16H19NO3S/c1-2-19-11-5-6-14-13(8-11)16(18)15(21-14)10-17-9-12-4-3-7-20-12/h5-6,8,10,12,18H,2-4,7,9H2,1H3/t12-/m0/s1. The average Bonchev–Trinajstić information content (AvgIpc) is 3.10. The number of aliphatic imine (C=N–C) groups is 1. The molecule has 21 heavy (non-hydrogen) atoms. The Morgan fingerprint density at radius 2 is 2.43 bits per heavy atom. The fourth-order valence-electron chi connectivity index (χ4n) is 2.47. The molecule has 1 fully saturated rings. The molecule has 1 atom stereocenters. The third-order valence-corrected chi connectivity index (χ3v) is 4.61. The van der Waals surface area contributed by atoms with Crippen LogP contribution < -0.4 is 4.74 Å². The van der Waals surface area contributed by atoms with Crippen LogP contribution in [0.5, 0.6) is 11.5 Å². The molecule has 0 amide bonds. The number of thiophene rings is 1. The van der Waals surface area contributed by atoms with Gasteiger partial charge >= 0.3 is 0 Å². The third kappa shape index (κ3) is 3.19. The van der Waals surface area contributed by atoms with Gasteiger partial charge in [0.15, 0.2) is 0 Å². The first-order valence-corrected chi connectivity index (χ1v) is 8.09. The van der Waals surface area contributed by atoms with Crippen molar-refractivity contribution in [1.82, 2.24) is 0 Å². The van der Waals surface area contributed by atoms with Crippen molar-refractivity contribution in [3.8, 4) is 11.5 Å². The first-order chi connectivity index (χ1) is 10.3. The lowest BCUT2D eigenvalue weighted by atomic mass is 10.2. The Bertz CT molecular complexity index is 644. The summed E-state index contributed by atoms with van der Waals surface area (Å²) in [4.78, 5) is 5.20. The number of nitrogens with zero attached hydrogens (tertiary/aromatic N) is 1. The van der Waals surface area contributed by atoms with Crippen LogP contribution in [0.2, 0.25) is 0 Å². The highest BCUT2D eigenvalue weighted by molar-refractivity contribution is 7.21. The van der Waals surface area contributed by atoms with Gasteiger partial charge < -0.3 is 14.6 Å². The van der Waals surface area contributed by atoms with Gasteiger partial charge in [-0.25, -0.2) is 0 Å². The molecule has 0 radical (unpaired) electrons. The van der Waals surface area contributed by atoms with Crippen LogP contribution in [-0.2, 0) is 4.74 Å². The van der Waals surface area contributed by atoms with Crippen LogP contribution in [0.25, 0.3) is 10.1 Å². The summed E-state index contributed by atoms with van der Waals surface area (Å²) >= 11 is 1.54. The molecule has 3 rings (SSSR count). The van der Waals surface area contributed by atoms with Crippen molar-refractivity contribution in [3.63, 3.8) is 0 Å². The predicted octanol–water partition coefficient (Wildman–Crippen LogP) is 3.60. The van der Waals surface area contributed by atoms with Crippen LogP contribution in [0.1, 0.15) is 24.6 Å². The van der Waals surface area contributed by atoms with E-state index < -0.39 is 0 Å². The van der Waals surface area contributed by atoms with E-state index in [0.29, 0.717) is 13.2 Å². The number of ether oxygens (including phenoxy) is 2. The predicted molar refractivity (Wildman–Crippen MR) is 86.1 cm³/mol. The summed E-state index contributed by atoms with van der Waals surface area (Å²) in [6.07, 6.45) is 4.19. The molecule has 1 aromatic carbocycles. The van der Waals surface area contributed by atoms with Gasteiger partial charge in [0, 0.05) is 22.9 Å². The molecule has 1 N–H and O–H groups in total. The molecule has 1 aliphatic heterocycles. The molecule has 0 unspecified atom stereocenters. The fourth-order valence-corrected chi connectivity index (χ4v) is 3.44. The smallest absolute Gasteiger partial charge is 0.143 e. The summed E-state index contributed by atoms with van der Waals surface area (Å²) in [5.74, 6) is 1.06. The second-order valence-electron chi connectivity index (χ2n) is 5.04. The highest BCUT2D eigenvalue weighted by atomic mass is 32.1. The normalized spacial score (nSPS) is 18.8. The van der Waals surface area contributed by atoms with Crippen molar-refractivity contribution in [2.24, 2.45) is 4.99 Å². The first kappa shape index (κ1) is 14.4. The van der Waals surface area contributed by atoms with E-state index in [1.807, 2.05) is 25.1 Å². The van der Waals surface area contributed by atoms with E-state index in [1.54, 1.807) is 6.21 Å². The van der Waals surface area contributed by atoms with Gasteiger partial charge in [0.2, 0.25) is 0 Å². The maximum Gasteiger partial charge on any atom is 0.143 e. The Morgan fingerprint density at radius 1 is 1.52 bits per heavy atom. The second kappa shape index (κ2) is 6.45. The molecule has 4 nitrogen and oxygen atoms in total. The molecule has 0 bridgehead atoms. The Kier molecular flexibility index (Phi) is 4.41. The van der Waals surface area contributed by atoms with Crippen molar-refractivity contribution in [3.05, 3.63) is 23.1 Å². The van der Waals surface area contributed by atoms with Gasteiger partial charge in [-0.2, -0.15) is 0 Å². The first-order valence-electron chi connectivity index (χ1n) is 7.27. The summed E-state index contributed by atoms with van der Waals surface area (Å²) in [6.45, 7) is 4.07. The van der Waals surface area contributed by atoms with E-state index >= 15 is 0 Å². The second-order valence-corrected chi connectivity index (χ2v) is 6.12. The minimum atomic E-state index is 0.238. The van der Waals surface area contributed by atoms with Gasteiger partial charge in [-0.3, -0.25) is 4.99 Å². The van der Waals surface area contributed by atoms with Crippen molar-refractivity contribution >= 4 is 27.6 Å². The largest absolute Gasteiger partial charge is 0.506 e. The molecule has 1 aromatic heterocycles. The van der Waals surface area contributed by atoms with Gasteiger partial charge in [0.05, 0.1) is 24.1 Å². The number of aromatic hydroxyl groups is 1. The molecule has 1 saturated heterocycles. The molecule has 0 aliphatic carbocycles. The molecule has 0 spiro atoms. The van der Waals surface area contributed by atoms with E-state index in [1.165, 1.54) is 11.3 Å². The Labute approximate surface area is 128 Å². The number of hydrogen-bond donors (Lipinski definition) is 1. The van der Waals surface area contributed by atoms with E-state index in [-0.39, 0.29) is 11.9 Å². The van der Waals surface area contributed by atoms with Gasteiger partial charge in [0.25, 0.3) is 0 Å². The topological polar surface area (TPSA) is 51.0 Å². The highest BCUT2D eigenvalue weighted by Gasteiger charge is 2.15. The highest BCUT2D eigenvalue weighted by Crippen LogP contribution is 2.37. The molecular formula is C16H19NO3S. The summed E-state index contributed by atoms with van der Waals surface area (Å²) in [7, 11) is 0. The maximum absolute atomic E-state index is 10.3. The minimum Gasteiger partial charge on any atom is -0.506 e. The molecule has 0 saturated carbocycles. The van der Waals surface area contributed by atoms with E-state index in [2.05, 4.69) is 4.99 Å². The van der Waals surface area contributed by atoms with Gasteiger partial charge in [-0.15, -0.1) is 11.3 Å². The number of fused-ring (bicyclic) bond motifs is 1. The van der Waals surface area contributed by atoms with Crippen LogP contribution in [-0.4, -0.2) is 37.2 Å². The zero-order chi connectivity index (χ0) is 14.7. The summed E-state index contributed by atoms with van der Waals surface area (Å²) < 4.78 is 12.0. The molecular weight excluding hydrogens is 286 g/mol. The minimum absolute atomic E-state index is 0.238. The SMILES string of the molecule is CCOc1ccc2sc(C=NC[C@@H]3CCCO3)c(O)c2c1. The van der Waals surface area contributed by atoms with E-state index in [0.717, 1.165) is 40.2 Å². The molecule has 2 aromatic rings. The average molecular weight is 305 g/mol. The molecule has 5 heteroatoms. The van der Waals surface area contributed by atoms with Crippen molar-refractivity contribution in [2.75, 3.05) is 19.8 Å². The van der Waals surface area contributed by atoms with Crippen LogP contribution in [0, 0.1) is 0 Å². The summed E-state index contributed by atoms with van der Waals surface area (Å²) in [5.41, 5.74) is 0. The molecule has 112 valence electrons. The van der Waals surface area contributed by atoms with Crippen molar-refractivity contribution in [1.29, 1.82) is 0 Å². The summed E-state index contributed by atoms with van der Waals surface area (Å²) in [6, 6.07) is 5.78. The van der Waals surface area contributed by atoms with Crippen LogP contribution in [0.15, 0.2) is 23.2 Å². The zero-order valence-corrected chi connectivity index (χ0v) is 12.9. The van der Waals surface area contributed by atoms with Gasteiger partial charge in [-0.05, 0) is 38.0 Å². The van der Waals surface area contributed by atoms with E-state index in [4.69, 9.17) is 9.47 Å². The lowest BCUT2D eigenvalue weighted by Gasteiger charge is -2.03. The quantitative estimate of drug-likeness (QED) is 0.859. The van der Waals surface area contributed by atoms with Crippen LogP contribution >= 0.6 is 11.3 Å². The Balaban J connectivity index is 1.78. The number of hydrogen-bond acceptors (Lipinski definition) is 5. The Morgan fingerprint density at radius 3 is 3.19 bits per heavy atom. The lowest BCUT2D eigenvalue weighted by molar-refractivity contribution is 0.118. The van der Waals surface area contributed by atoms with Gasteiger partial charge in [0.1, 0.15) is 11.5 Å². The fraction of sp³-hybridized carbons (Fsp3) is 0.438. The van der Waals surface area contributed by atoms with E-state index in [9.17, 15) is 5.11 Å². The lowest BCUT2D eigenvalue weighted by Crippen LogP contribution is -2.08. The van der Waals surface area contributed by atoms with Gasteiger partial charge in [-0.1, -0.05) is 0 Å². The van der Waals surface area contributed by atoms with Crippen molar-refractivity contribution < 1.29 is 14.6 Å². The molecule has 2 heterocycles. The zero-order valence-electron chi connectivity index (χ0n) is 12.0. The number of benzene rings is 1. The number of rotatable bonds is 5. The maximum atomic E-state index is 10.3.